The Morgan fingerprint density at radius 2 is 2.12 bits per heavy atom. The molecular weight excluding hydrogens is 222 g/mol. The van der Waals surface area contributed by atoms with Gasteiger partial charge in [0.05, 0.1) is 11.9 Å². The Morgan fingerprint density at radius 1 is 1.31 bits per heavy atom. The average Bonchev–Trinajstić information content (AvgIpc) is 2.28. The molecule has 0 radical (unpaired) electrons. The highest BCUT2D eigenvalue weighted by molar-refractivity contribution is 7.71. The minimum Gasteiger partial charge on any atom is -0.450 e. The van der Waals surface area contributed by atoms with E-state index in [1.807, 2.05) is 37.5 Å². The first-order chi connectivity index (χ1) is 7.74. The molecule has 0 saturated heterocycles. The predicted octanol–water partition coefficient (Wildman–Crippen LogP) is 3.00. The summed E-state index contributed by atoms with van der Waals surface area (Å²) >= 11 is 5.09. The van der Waals surface area contributed by atoms with E-state index < -0.39 is 0 Å². The third-order valence-electron chi connectivity index (χ3n) is 2.41. The zero-order valence-corrected chi connectivity index (χ0v) is 9.41. The van der Waals surface area contributed by atoms with Gasteiger partial charge in [0.2, 0.25) is 4.77 Å². The summed E-state index contributed by atoms with van der Waals surface area (Å²) in [5.41, 5.74) is 0.908. The first-order valence-electron chi connectivity index (χ1n) is 4.85. The van der Waals surface area contributed by atoms with Crippen molar-refractivity contribution in [2.24, 2.45) is 7.05 Å². The van der Waals surface area contributed by atoms with Gasteiger partial charge < -0.3 is 14.6 Å². The van der Waals surface area contributed by atoms with E-state index in [0.717, 1.165) is 11.4 Å². The van der Waals surface area contributed by atoms with E-state index in [9.17, 15) is 0 Å². The number of hydrogen-bond donors (Lipinski definition) is 1. The summed E-state index contributed by atoms with van der Waals surface area (Å²) < 4.78 is 8.00. The van der Waals surface area contributed by atoms with Crippen LogP contribution in [0, 0.1) is 4.77 Å². The molecule has 1 aliphatic rings. The topological polar surface area (TPSA) is 39.1 Å². The number of nitrogens with one attached hydrogen (secondary N) is 1. The van der Waals surface area contributed by atoms with Crippen LogP contribution in [-0.4, -0.2) is 9.55 Å². The van der Waals surface area contributed by atoms with Crippen LogP contribution in [0.4, 0.5) is 11.5 Å². The lowest BCUT2D eigenvalue weighted by molar-refractivity contribution is 0.471. The van der Waals surface area contributed by atoms with Gasteiger partial charge in [-0.3, -0.25) is 0 Å². The minimum absolute atomic E-state index is 0.522. The molecule has 0 bridgehead atoms. The Morgan fingerprint density at radius 3 is 3.00 bits per heavy atom. The van der Waals surface area contributed by atoms with Gasteiger partial charge in [-0.1, -0.05) is 12.1 Å². The van der Waals surface area contributed by atoms with Crippen LogP contribution >= 0.6 is 12.2 Å². The van der Waals surface area contributed by atoms with E-state index in [0.29, 0.717) is 16.3 Å². The van der Waals surface area contributed by atoms with E-state index >= 15 is 0 Å². The lowest BCUT2D eigenvalue weighted by atomic mass is 10.2. The molecule has 0 saturated carbocycles. The van der Waals surface area contributed by atoms with Crippen molar-refractivity contribution < 1.29 is 4.74 Å². The van der Waals surface area contributed by atoms with Crippen LogP contribution in [0.5, 0.6) is 11.5 Å². The Labute approximate surface area is 97.5 Å². The fraction of sp³-hybridized carbons (Fsp3) is 0.0909. The molecule has 0 unspecified atom stereocenters. The van der Waals surface area contributed by atoms with Gasteiger partial charge in [-0.2, -0.15) is 4.98 Å². The number of fused-ring (bicyclic) bond motifs is 2. The first kappa shape index (κ1) is 9.35. The minimum atomic E-state index is 0.522. The summed E-state index contributed by atoms with van der Waals surface area (Å²) in [6.07, 6.45) is 1.83. The number of para-hydroxylation sites is 2. The lowest BCUT2D eigenvalue weighted by Gasteiger charge is -2.20. The van der Waals surface area contributed by atoms with Crippen LogP contribution in [0.1, 0.15) is 0 Å². The van der Waals surface area contributed by atoms with Crippen molar-refractivity contribution in [3.8, 4) is 11.5 Å². The summed E-state index contributed by atoms with van der Waals surface area (Å²) in [4.78, 5) is 4.25. The van der Waals surface area contributed by atoms with Gasteiger partial charge in [0.1, 0.15) is 0 Å². The standard InChI is InChI=1S/C11H9N3OS/c1-14-6-9-10(13-11(14)16)12-7-4-2-3-5-8(7)15-9/h2-6H,1H3,(H,12,13,16). The van der Waals surface area contributed by atoms with Gasteiger partial charge in [-0.05, 0) is 24.4 Å². The number of aryl methyl sites for hydroxylation is 1. The number of aromatic nitrogens is 2. The van der Waals surface area contributed by atoms with Gasteiger partial charge in [-0.15, -0.1) is 0 Å². The molecule has 0 amide bonds. The van der Waals surface area contributed by atoms with Crippen LogP contribution in [0.25, 0.3) is 0 Å². The monoisotopic (exact) mass is 231 g/mol. The quantitative estimate of drug-likeness (QED) is 0.604. The zero-order chi connectivity index (χ0) is 11.1. The molecule has 1 aromatic heterocycles. The molecule has 0 spiro atoms. The van der Waals surface area contributed by atoms with Crippen molar-refractivity contribution in [1.29, 1.82) is 0 Å². The fourth-order valence-electron chi connectivity index (χ4n) is 1.59. The molecule has 5 heteroatoms. The molecule has 1 N–H and O–H groups in total. The molecule has 80 valence electrons. The highest BCUT2D eigenvalue weighted by Crippen LogP contribution is 2.39. The largest absolute Gasteiger partial charge is 0.450 e. The van der Waals surface area contributed by atoms with Gasteiger partial charge in [0, 0.05) is 7.05 Å². The Bertz CT molecular complexity index is 621. The Hall–Kier alpha value is -1.88. The summed E-state index contributed by atoms with van der Waals surface area (Å²) in [5.74, 6) is 2.16. The molecule has 4 nitrogen and oxygen atoms in total. The predicted molar refractivity (Wildman–Crippen MR) is 63.8 cm³/mol. The first-order valence-corrected chi connectivity index (χ1v) is 5.26. The van der Waals surface area contributed by atoms with E-state index in [2.05, 4.69) is 10.3 Å². The molecule has 0 atom stereocenters. The van der Waals surface area contributed by atoms with Crippen LogP contribution in [0.2, 0.25) is 0 Å². The van der Waals surface area contributed by atoms with E-state index in [1.165, 1.54) is 0 Å². The normalized spacial score (nSPS) is 12.1. The summed E-state index contributed by atoms with van der Waals surface area (Å²) in [5, 5.41) is 3.19. The molecule has 3 rings (SSSR count). The second-order valence-electron chi connectivity index (χ2n) is 3.57. The summed E-state index contributed by atoms with van der Waals surface area (Å²) in [6.45, 7) is 0. The van der Waals surface area contributed by atoms with Crippen molar-refractivity contribution in [3.05, 3.63) is 35.2 Å². The Balaban J connectivity index is 2.16. The molecule has 0 fully saturated rings. The molecule has 2 aromatic rings. The van der Waals surface area contributed by atoms with Crippen molar-refractivity contribution in [2.75, 3.05) is 5.32 Å². The number of nitrogens with zero attached hydrogens (tertiary/aromatic N) is 2. The maximum Gasteiger partial charge on any atom is 0.201 e. The van der Waals surface area contributed by atoms with Gasteiger partial charge in [0.25, 0.3) is 0 Å². The van der Waals surface area contributed by atoms with Crippen LogP contribution in [0.3, 0.4) is 0 Å². The second kappa shape index (κ2) is 3.31. The van der Waals surface area contributed by atoms with Crippen molar-refractivity contribution in [2.45, 2.75) is 0 Å². The fourth-order valence-corrected chi connectivity index (χ4v) is 1.74. The van der Waals surface area contributed by atoms with Gasteiger partial charge in [-0.25, -0.2) is 0 Å². The number of rotatable bonds is 0. The number of ether oxygens (including phenoxy) is 1. The van der Waals surface area contributed by atoms with Crippen molar-refractivity contribution in [3.63, 3.8) is 0 Å². The lowest BCUT2D eigenvalue weighted by Crippen LogP contribution is -2.07. The summed E-state index contributed by atoms with van der Waals surface area (Å²) in [6, 6.07) is 7.72. The highest BCUT2D eigenvalue weighted by Gasteiger charge is 2.17. The Kier molecular flexibility index (Phi) is 1.94. The average molecular weight is 231 g/mol. The number of hydrogen-bond acceptors (Lipinski definition) is 4. The van der Waals surface area contributed by atoms with Crippen LogP contribution < -0.4 is 10.1 Å². The van der Waals surface area contributed by atoms with Crippen molar-refractivity contribution >= 4 is 23.7 Å². The third-order valence-corrected chi connectivity index (χ3v) is 2.79. The molecule has 1 aliphatic heterocycles. The van der Waals surface area contributed by atoms with Crippen LogP contribution in [0.15, 0.2) is 30.5 Å². The zero-order valence-electron chi connectivity index (χ0n) is 8.60. The molecule has 2 heterocycles. The molecular formula is C11H9N3OS. The second-order valence-corrected chi connectivity index (χ2v) is 3.94. The molecule has 1 aromatic carbocycles. The smallest absolute Gasteiger partial charge is 0.201 e. The van der Waals surface area contributed by atoms with Crippen molar-refractivity contribution in [1.82, 2.24) is 9.55 Å². The van der Waals surface area contributed by atoms with Gasteiger partial charge >= 0.3 is 0 Å². The third kappa shape index (κ3) is 1.37. The van der Waals surface area contributed by atoms with E-state index in [4.69, 9.17) is 17.0 Å². The van der Waals surface area contributed by atoms with Crippen LogP contribution in [-0.2, 0) is 7.05 Å². The number of anilines is 2. The number of benzene rings is 1. The SMILES string of the molecule is Cn1cc2c(nc1=S)Nc1ccccc1O2. The molecule has 16 heavy (non-hydrogen) atoms. The molecule has 0 aliphatic carbocycles. The van der Waals surface area contributed by atoms with Gasteiger partial charge in [0.15, 0.2) is 17.3 Å². The maximum atomic E-state index is 5.72. The van der Waals surface area contributed by atoms with E-state index in [-0.39, 0.29) is 0 Å². The van der Waals surface area contributed by atoms with E-state index in [1.54, 1.807) is 4.57 Å². The highest BCUT2D eigenvalue weighted by atomic mass is 32.1. The maximum absolute atomic E-state index is 5.72. The summed E-state index contributed by atoms with van der Waals surface area (Å²) in [7, 11) is 1.85.